The van der Waals surface area contributed by atoms with E-state index < -0.39 is 0 Å². The monoisotopic (exact) mass is 411 g/mol. The van der Waals surface area contributed by atoms with Gasteiger partial charge in [-0.3, -0.25) is 10.1 Å². The fourth-order valence-corrected chi connectivity index (χ4v) is 4.81. The van der Waals surface area contributed by atoms with Gasteiger partial charge in [0, 0.05) is 23.2 Å². The molecule has 0 atom stereocenters. The molecule has 0 saturated carbocycles. The maximum Gasteiger partial charge on any atom is 0.259 e. The van der Waals surface area contributed by atoms with Crippen molar-refractivity contribution in [3.8, 4) is 6.07 Å². The van der Waals surface area contributed by atoms with Gasteiger partial charge in [0.25, 0.3) is 5.91 Å². The summed E-state index contributed by atoms with van der Waals surface area (Å²) in [7, 11) is 0. The van der Waals surface area contributed by atoms with Crippen molar-refractivity contribution in [3.63, 3.8) is 0 Å². The number of rotatable bonds is 6. The Morgan fingerprint density at radius 1 is 1.29 bits per heavy atom. The van der Waals surface area contributed by atoms with E-state index in [-0.39, 0.29) is 5.91 Å². The largest absolute Gasteiger partial charge is 0.346 e. The number of hydrogen-bond acceptors (Lipinski definition) is 6. The number of nitriles is 1. The Kier molecular flexibility index (Phi) is 6.17. The third kappa shape index (κ3) is 4.43. The molecule has 0 bridgehead atoms. The number of aromatic nitrogens is 3. The van der Waals surface area contributed by atoms with Crippen LogP contribution in [0.4, 0.5) is 5.13 Å². The topological polar surface area (TPSA) is 83.6 Å². The zero-order valence-corrected chi connectivity index (χ0v) is 17.8. The number of aryl methyl sites for hydroxylation is 1. The van der Waals surface area contributed by atoms with Crippen molar-refractivity contribution in [1.82, 2.24) is 14.8 Å². The molecule has 3 rings (SSSR count). The van der Waals surface area contributed by atoms with Gasteiger partial charge in [-0.1, -0.05) is 35.2 Å². The number of thioether (sulfide) groups is 1. The number of carbonyl (C=O) groups excluding carboxylic acids is 1. The minimum atomic E-state index is -0.167. The highest BCUT2D eigenvalue weighted by molar-refractivity contribution is 8.00. The summed E-state index contributed by atoms with van der Waals surface area (Å²) in [6.45, 7) is 8.17. The molecule has 28 heavy (non-hydrogen) atoms. The molecule has 0 aliphatic rings. The molecule has 8 heteroatoms. The van der Waals surface area contributed by atoms with Crippen LogP contribution in [-0.4, -0.2) is 20.7 Å². The SMILES string of the molecule is Cc1cc(C(=O)Nc2nnc(SCc3ccc(C#N)cc3)s2)c(C)n1C(C)C. The maximum absolute atomic E-state index is 12.7. The molecule has 0 spiro atoms. The van der Waals surface area contributed by atoms with Gasteiger partial charge in [0.05, 0.1) is 17.2 Å². The van der Waals surface area contributed by atoms with Crippen LogP contribution in [-0.2, 0) is 5.75 Å². The highest BCUT2D eigenvalue weighted by Gasteiger charge is 2.18. The number of carbonyl (C=O) groups is 1. The summed E-state index contributed by atoms with van der Waals surface area (Å²) < 4.78 is 2.93. The van der Waals surface area contributed by atoms with E-state index in [1.54, 1.807) is 23.9 Å². The van der Waals surface area contributed by atoms with Crippen molar-refractivity contribution >= 4 is 34.1 Å². The third-order valence-corrected chi connectivity index (χ3v) is 6.36. The first-order valence-electron chi connectivity index (χ1n) is 8.84. The van der Waals surface area contributed by atoms with Crippen LogP contribution in [0, 0.1) is 25.2 Å². The number of benzene rings is 1. The number of nitrogens with zero attached hydrogens (tertiary/aromatic N) is 4. The average Bonchev–Trinajstić information content (AvgIpc) is 3.23. The summed E-state index contributed by atoms with van der Waals surface area (Å²) in [5.41, 5.74) is 4.42. The Bertz CT molecular complexity index is 1030. The zero-order chi connectivity index (χ0) is 20.3. The first-order valence-corrected chi connectivity index (χ1v) is 10.6. The van der Waals surface area contributed by atoms with Crippen molar-refractivity contribution < 1.29 is 4.79 Å². The van der Waals surface area contributed by atoms with E-state index in [1.165, 1.54) is 11.3 Å². The highest BCUT2D eigenvalue weighted by atomic mass is 32.2. The van der Waals surface area contributed by atoms with Crippen molar-refractivity contribution in [2.75, 3.05) is 5.32 Å². The first-order chi connectivity index (χ1) is 13.4. The number of anilines is 1. The fraction of sp³-hybridized carbons (Fsp3) is 0.300. The Morgan fingerprint density at radius 3 is 2.61 bits per heavy atom. The minimum Gasteiger partial charge on any atom is -0.346 e. The molecule has 2 heterocycles. The first kappa shape index (κ1) is 20.1. The average molecular weight is 412 g/mol. The molecule has 0 aliphatic carbocycles. The summed E-state index contributed by atoms with van der Waals surface area (Å²) in [4.78, 5) is 12.7. The zero-order valence-electron chi connectivity index (χ0n) is 16.2. The van der Waals surface area contributed by atoms with Crippen molar-refractivity contribution in [2.45, 2.75) is 43.8 Å². The lowest BCUT2D eigenvalue weighted by atomic mass is 10.2. The third-order valence-electron chi connectivity index (χ3n) is 4.32. The predicted octanol–water partition coefficient (Wildman–Crippen LogP) is 4.95. The Balaban J connectivity index is 1.63. The highest BCUT2D eigenvalue weighted by Crippen LogP contribution is 2.29. The van der Waals surface area contributed by atoms with Crippen LogP contribution < -0.4 is 5.32 Å². The van der Waals surface area contributed by atoms with Crippen molar-refractivity contribution in [3.05, 3.63) is 58.4 Å². The lowest BCUT2D eigenvalue weighted by Crippen LogP contribution is -2.13. The molecule has 0 radical (unpaired) electrons. The quantitative estimate of drug-likeness (QED) is 0.458. The Morgan fingerprint density at radius 2 is 2.00 bits per heavy atom. The maximum atomic E-state index is 12.7. The van der Waals surface area contributed by atoms with E-state index >= 15 is 0 Å². The number of nitrogens with one attached hydrogen (secondary N) is 1. The molecule has 1 amide bonds. The second-order valence-electron chi connectivity index (χ2n) is 6.67. The van der Waals surface area contributed by atoms with Gasteiger partial charge in [0.2, 0.25) is 5.13 Å². The second-order valence-corrected chi connectivity index (χ2v) is 8.87. The van der Waals surface area contributed by atoms with E-state index in [2.05, 4.69) is 40.0 Å². The van der Waals surface area contributed by atoms with E-state index in [9.17, 15) is 4.79 Å². The summed E-state index contributed by atoms with van der Waals surface area (Å²) in [6, 6.07) is 11.8. The van der Waals surface area contributed by atoms with Gasteiger partial charge in [-0.15, -0.1) is 10.2 Å². The Labute approximate surface area is 172 Å². The molecule has 6 nitrogen and oxygen atoms in total. The Hall–Kier alpha value is -2.63. The predicted molar refractivity (Wildman–Crippen MR) is 113 cm³/mol. The van der Waals surface area contributed by atoms with E-state index in [4.69, 9.17) is 5.26 Å². The van der Waals surface area contributed by atoms with Crippen LogP contribution in [0.3, 0.4) is 0 Å². The van der Waals surface area contributed by atoms with Gasteiger partial charge in [-0.2, -0.15) is 5.26 Å². The molecule has 1 aromatic carbocycles. The van der Waals surface area contributed by atoms with Crippen LogP contribution in [0.15, 0.2) is 34.7 Å². The lowest BCUT2D eigenvalue weighted by Gasteiger charge is -2.13. The summed E-state index contributed by atoms with van der Waals surface area (Å²) in [5.74, 6) is 0.559. The van der Waals surface area contributed by atoms with Gasteiger partial charge >= 0.3 is 0 Å². The van der Waals surface area contributed by atoms with Gasteiger partial charge < -0.3 is 4.57 Å². The standard InChI is InChI=1S/C20H21N5OS2/c1-12(2)25-13(3)9-17(14(25)4)18(26)22-19-23-24-20(28-19)27-11-16-7-5-15(10-21)6-8-16/h5-9,12H,11H2,1-4H3,(H,22,23,26). The van der Waals surface area contributed by atoms with E-state index in [1.807, 2.05) is 32.0 Å². The fourth-order valence-electron chi connectivity index (χ4n) is 3.11. The van der Waals surface area contributed by atoms with Gasteiger partial charge in [-0.05, 0) is 51.5 Å². The molecule has 0 fully saturated rings. The molecule has 1 N–H and O–H groups in total. The lowest BCUT2D eigenvalue weighted by molar-refractivity contribution is 0.102. The molecule has 0 saturated heterocycles. The molecule has 2 aromatic heterocycles. The van der Waals surface area contributed by atoms with Crippen molar-refractivity contribution in [1.29, 1.82) is 5.26 Å². The number of amides is 1. The molecule has 0 unspecified atom stereocenters. The summed E-state index contributed by atoms with van der Waals surface area (Å²) in [5, 5.41) is 20.4. The minimum absolute atomic E-state index is 0.167. The summed E-state index contributed by atoms with van der Waals surface area (Å²) >= 11 is 2.91. The molecule has 0 aliphatic heterocycles. The second kappa shape index (κ2) is 8.59. The van der Waals surface area contributed by atoms with Crippen LogP contribution in [0.25, 0.3) is 0 Å². The van der Waals surface area contributed by atoms with E-state index in [0.29, 0.717) is 22.3 Å². The molecule has 144 valence electrons. The molecular formula is C20H21N5OS2. The van der Waals surface area contributed by atoms with Crippen LogP contribution in [0.5, 0.6) is 0 Å². The van der Waals surface area contributed by atoms with Gasteiger partial charge in [0.1, 0.15) is 0 Å². The van der Waals surface area contributed by atoms with Crippen LogP contribution in [0.1, 0.15) is 52.8 Å². The molecule has 3 aromatic rings. The normalized spacial score (nSPS) is 10.9. The van der Waals surface area contributed by atoms with Gasteiger partial charge in [0.15, 0.2) is 4.34 Å². The molecular weight excluding hydrogens is 390 g/mol. The van der Waals surface area contributed by atoms with Crippen molar-refractivity contribution in [2.24, 2.45) is 0 Å². The summed E-state index contributed by atoms with van der Waals surface area (Å²) in [6.07, 6.45) is 0. The van der Waals surface area contributed by atoms with E-state index in [0.717, 1.165) is 27.0 Å². The smallest absolute Gasteiger partial charge is 0.259 e. The van der Waals surface area contributed by atoms with Gasteiger partial charge in [-0.25, -0.2) is 0 Å². The number of hydrogen-bond donors (Lipinski definition) is 1. The van der Waals surface area contributed by atoms with Crippen LogP contribution >= 0.6 is 23.1 Å². The van der Waals surface area contributed by atoms with Crippen LogP contribution in [0.2, 0.25) is 0 Å².